The van der Waals surface area contributed by atoms with Gasteiger partial charge in [-0.1, -0.05) is 13.8 Å². The first kappa shape index (κ1) is 8.24. The van der Waals surface area contributed by atoms with Crippen LogP contribution in [-0.4, -0.2) is 14.8 Å². The van der Waals surface area contributed by atoms with Crippen molar-refractivity contribution in [3.8, 4) is 0 Å². The molecule has 0 aliphatic rings. The predicted molar refractivity (Wildman–Crippen MR) is 44.3 cm³/mol. The molecule has 0 saturated heterocycles. The van der Waals surface area contributed by atoms with E-state index < -0.39 is 0 Å². The molecule has 11 heavy (non-hydrogen) atoms. The summed E-state index contributed by atoms with van der Waals surface area (Å²) in [5, 5.41) is 4.26. The molecule has 0 saturated carbocycles. The minimum Gasteiger partial charge on any atom is -0.250 e. The SMILES string of the molecule is Cc1nc(C)n(CC(C)C)n1. The minimum absolute atomic E-state index is 0.634. The van der Waals surface area contributed by atoms with Crippen molar-refractivity contribution in [1.29, 1.82) is 0 Å². The molecule has 0 amide bonds. The van der Waals surface area contributed by atoms with Gasteiger partial charge in [-0.3, -0.25) is 0 Å². The molecule has 62 valence electrons. The third kappa shape index (κ3) is 2.03. The molecule has 1 heterocycles. The molecule has 0 unspecified atom stereocenters. The van der Waals surface area contributed by atoms with Gasteiger partial charge in [-0.2, -0.15) is 5.10 Å². The van der Waals surface area contributed by atoms with Crippen molar-refractivity contribution < 1.29 is 0 Å². The van der Waals surface area contributed by atoms with Crippen LogP contribution in [0.3, 0.4) is 0 Å². The first-order valence-corrected chi connectivity index (χ1v) is 3.97. The van der Waals surface area contributed by atoms with E-state index in [0.29, 0.717) is 5.92 Å². The van der Waals surface area contributed by atoms with Crippen LogP contribution in [0.5, 0.6) is 0 Å². The lowest BCUT2D eigenvalue weighted by atomic mass is 10.2. The lowest BCUT2D eigenvalue weighted by Gasteiger charge is -2.04. The Morgan fingerprint density at radius 3 is 2.36 bits per heavy atom. The molecule has 0 atom stereocenters. The van der Waals surface area contributed by atoms with Crippen LogP contribution in [0.25, 0.3) is 0 Å². The van der Waals surface area contributed by atoms with Crippen molar-refractivity contribution >= 4 is 0 Å². The van der Waals surface area contributed by atoms with E-state index in [4.69, 9.17) is 0 Å². The van der Waals surface area contributed by atoms with Crippen molar-refractivity contribution in [2.45, 2.75) is 34.2 Å². The monoisotopic (exact) mass is 153 g/mol. The van der Waals surface area contributed by atoms with Crippen LogP contribution >= 0.6 is 0 Å². The van der Waals surface area contributed by atoms with Crippen molar-refractivity contribution in [3.05, 3.63) is 11.6 Å². The normalized spacial score (nSPS) is 11.0. The number of nitrogens with zero attached hydrogens (tertiary/aromatic N) is 3. The molecule has 0 aliphatic heterocycles. The molecular weight excluding hydrogens is 138 g/mol. The number of rotatable bonds is 2. The van der Waals surface area contributed by atoms with Crippen molar-refractivity contribution in [1.82, 2.24) is 14.8 Å². The van der Waals surface area contributed by atoms with Gasteiger partial charge in [0.15, 0.2) is 0 Å². The summed E-state index contributed by atoms with van der Waals surface area (Å²) in [5.74, 6) is 2.51. The van der Waals surface area contributed by atoms with Crippen molar-refractivity contribution in [2.24, 2.45) is 5.92 Å². The smallest absolute Gasteiger partial charge is 0.147 e. The Balaban J connectivity index is 2.77. The average molecular weight is 153 g/mol. The molecule has 3 heteroatoms. The van der Waals surface area contributed by atoms with Gasteiger partial charge in [-0.05, 0) is 19.8 Å². The van der Waals surface area contributed by atoms with E-state index in [1.807, 2.05) is 18.5 Å². The summed E-state index contributed by atoms with van der Waals surface area (Å²) >= 11 is 0. The largest absolute Gasteiger partial charge is 0.250 e. The van der Waals surface area contributed by atoms with Crippen LogP contribution in [0.4, 0.5) is 0 Å². The second-order valence-corrected chi connectivity index (χ2v) is 3.28. The maximum atomic E-state index is 4.26. The molecule has 1 aromatic rings. The van der Waals surface area contributed by atoms with Crippen LogP contribution in [0.15, 0.2) is 0 Å². The van der Waals surface area contributed by atoms with Crippen LogP contribution in [0.2, 0.25) is 0 Å². The highest BCUT2D eigenvalue weighted by Gasteiger charge is 2.02. The minimum atomic E-state index is 0.634. The van der Waals surface area contributed by atoms with E-state index in [9.17, 15) is 0 Å². The zero-order chi connectivity index (χ0) is 8.43. The van der Waals surface area contributed by atoms with Gasteiger partial charge in [0, 0.05) is 6.54 Å². The Bertz CT molecular complexity index is 237. The molecule has 1 rings (SSSR count). The fourth-order valence-corrected chi connectivity index (χ4v) is 1.08. The maximum Gasteiger partial charge on any atom is 0.147 e. The molecule has 3 nitrogen and oxygen atoms in total. The Morgan fingerprint density at radius 1 is 1.36 bits per heavy atom. The fraction of sp³-hybridized carbons (Fsp3) is 0.750. The van der Waals surface area contributed by atoms with Gasteiger partial charge in [0.2, 0.25) is 0 Å². The Kier molecular flexibility index (Phi) is 2.27. The Hall–Kier alpha value is -0.860. The standard InChI is InChI=1S/C8H15N3/c1-6(2)5-11-8(4)9-7(3)10-11/h6H,5H2,1-4H3. The third-order valence-electron chi connectivity index (χ3n) is 1.50. The van der Waals surface area contributed by atoms with Crippen LogP contribution in [-0.2, 0) is 6.54 Å². The maximum absolute atomic E-state index is 4.26. The molecule has 0 aliphatic carbocycles. The van der Waals surface area contributed by atoms with E-state index >= 15 is 0 Å². The molecule has 0 bridgehead atoms. The van der Waals surface area contributed by atoms with Crippen LogP contribution in [0.1, 0.15) is 25.5 Å². The summed E-state index contributed by atoms with van der Waals surface area (Å²) in [5.41, 5.74) is 0. The quantitative estimate of drug-likeness (QED) is 0.645. The fourth-order valence-electron chi connectivity index (χ4n) is 1.08. The molecule has 1 aromatic heterocycles. The third-order valence-corrected chi connectivity index (χ3v) is 1.50. The Labute approximate surface area is 67.4 Å². The molecule has 0 N–H and O–H groups in total. The summed E-state index contributed by atoms with van der Waals surface area (Å²) in [4.78, 5) is 4.22. The molecular formula is C8H15N3. The number of hydrogen-bond donors (Lipinski definition) is 0. The zero-order valence-corrected chi connectivity index (χ0v) is 7.63. The lowest BCUT2D eigenvalue weighted by Crippen LogP contribution is -2.07. The van der Waals surface area contributed by atoms with Gasteiger partial charge in [0.1, 0.15) is 11.6 Å². The van der Waals surface area contributed by atoms with Gasteiger partial charge in [0.05, 0.1) is 0 Å². The first-order valence-electron chi connectivity index (χ1n) is 3.97. The number of aromatic nitrogens is 3. The highest BCUT2D eigenvalue weighted by atomic mass is 15.3. The highest BCUT2D eigenvalue weighted by Crippen LogP contribution is 2.01. The van der Waals surface area contributed by atoms with Gasteiger partial charge >= 0.3 is 0 Å². The molecule has 0 fully saturated rings. The van der Waals surface area contributed by atoms with E-state index in [1.54, 1.807) is 0 Å². The van der Waals surface area contributed by atoms with Gasteiger partial charge in [-0.15, -0.1) is 0 Å². The summed E-state index contributed by atoms with van der Waals surface area (Å²) < 4.78 is 1.96. The lowest BCUT2D eigenvalue weighted by molar-refractivity contribution is 0.471. The average Bonchev–Trinajstić information content (AvgIpc) is 2.09. The van der Waals surface area contributed by atoms with E-state index in [2.05, 4.69) is 23.9 Å². The predicted octanol–water partition coefficient (Wildman–Crippen LogP) is 1.55. The van der Waals surface area contributed by atoms with E-state index in [1.165, 1.54) is 0 Å². The number of hydrogen-bond acceptors (Lipinski definition) is 2. The zero-order valence-electron chi connectivity index (χ0n) is 7.63. The highest BCUT2D eigenvalue weighted by molar-refractivity contribution is 4.87. The summed E-state index contributed by atoms with van der Waals surface area (Å²) in [6, 6.07) is 0. The molecule has 0 radical (unpaired) electrons. The van der Waals surface area contributed by atoms with Gasteiger partial charge in [-0.25, -0.2) is 9.67 Å². The van der Waals surface area contributed by atoms with Gasteiger partial charge < -0.3 is 0 Å². The molecule has 0 spiro atoms. The van der Waals surface area contributed by atoms with Crippen molar-refractivity contribution in [2.75, 3.05) is 0 Å². The van der Waals surface area contributed by atoms with Crippen LogP contribution in [0, 0.1) is 19.8 Å². The Morgan fingerprint density at radius 2 is 2.00 bits per heavy atom. The summed E-state index contributed by atoms with van der Waals surface area (Å²) in [6.07, 6.45) is 0. The first-order chi connectivity index (χ1) is 5.09. The van der Waals surface area contributed by atoms with Crippen LogP contribution < -0.4 is 0 Å². The molecule has 0 aromatic carbocycles. The van der Waals surface area contributed by atoms with Gasteiger partial charge in [0.25, 0.3) is 0 Å². The second kappa shape index (κ2) is 3.03. The van der Waals surface area contributed by atoms with E-state index in [-0.39, 0.29) is 0 Å². The second-order valence-electron chi connectivity index (χ2n) is 3.28. The summed E-state index contributed by atoms with van der Waals surface area (Å²) in [7, 11) is 0. The summed E-state index contributed by atoms with van der Waals surface area (Å²) in [6.45, 7) is 9.23. The topological polar surface area (TPSA) is 30.7 Å². The number of aryl methyl sites for hydroxylation is 2. The van der Waals surface area contributed by atoms with E-state index in [0.717, 1.165) is 18.2 Å². The van der Waals surface area contributed by atoms with Crippen molar-refractivity contribution in [3.63, 3.8) is 0 Å².